The number of carbonyl (C=O) groups excluding carboxylic acids is 1. The van der Waals surface area contributed by atoms with Crippen molar-refractivity contribution < 1.29 is 4.79 Å². The Morgan fingerprint density at radius 1 is 1.39 bits per heavy atom. The van der Waals surface area contributed by atoms with E-state index in [0.717, 1.165) is 13.1 Å². The third kappa shape index (κ3) is 5.36. The highest BCUT2D eigenvalue weighted by molar-refractivity contribution is 5.78. The summed E-state index contributed by atoms with van der Waals surface area (Å²) in [5, 5.41) is 6.27. The number of nitrogens with one attached hydrogen (secondary N) is 2. The Balaban J connectivity index is 2.27. The molecule has 1 saturated heterocycles. The summed E-state index contributed by atoms with van der Waals surface area (Å²) in [6, 6.07) is 0.636. The standard InChI is InChI=1S/C14H29N3O/c1-5-17-8-6-7-13(10-17)12(4)15-9-14(18)16-11(2)3/h11-13,15H,5-10H2,1-4H3,(H,16,18). The number of piperidine rings is 1. The van der Waals surface area contributed by atoms with Crippen molar-refractivity contribution in [2.45, 2.75) is 52.6 Å². The summed E-state index contributed by atoms with van der Waals surface area (Å²) in [6.45, 7) is 12.4. The molecule has 1 aliphatic rings. The van der Waals surface area contributed by atoms with Crippen molar-refractivity contribution in [1.82, 2.24) is 15.5 Å². The molecular formula is C14H29N3O. The van der Waals surface area contributed by atoms with Gasteiger partial charge in [0.05, 0.1) is 6.54 Å². The maximum Gasteiger partial charge on any atom is 0.234 e. The fourth-order valence-electron chi connectivity index (χ4n) is 2.58. The molecule has 18 heavy (non-hydrogen) atoms. The molecule has 2 unspecified atom stereocenters. The first kappa shape index (κ1) is 15.4. The lowest BCUT2D eigenvalue weighted by atomic mass is 9.91. The summed E-state index contributed by atoms with van der Waals surface area (Å²) >= 11 is 0. The van der Waals surface area contributed by atoms with Crippen molar-refractivity contribution in [3.8, 4) is 0 Å². The molecule has 0 aromatic heterocycles. The number of hydrogen-bond donors (Lipinski definition) is 2. The van der Waals surface area contributed by atoms with E-state index in [4.69, 9.17) is 0 Å². The van der Waals surface area contributed by atoms with E-state index in [1.165, 1.54) is 19.4 Å². The smallest absolute Gasteiger partial charge is 0.234 e. The lowest BCUT2D eigenvalue weighted by Crippen LogP contribution is -2.47. The molecule has 0 saturated carbocycles. The normalized spacial score (nSPS) is 23.1. The molecule has 1 heterocycles. The molecule has 0 bridgehead atoms. The van der Waals surface area contributed by atoms with Crippen molar-refractivity contribution in [2.24, 2.45) is 5.92 Å². The zero-order valence-corrected chi connectivity index (χ0v) is 12.3. The highest BCUT2D eigenvalue weighted by atomic mass is 16.1. The van der Waals surface area contributed by atoms with Gasteiger partial charge >= 0.3 is 0 Å². The molecule has 0 spiro atoms. The van der Waals surface area contributed by atoms with Crippen LogP contribution < -0.4 is 10.6 Å². The van der Waals surface area contributed by atoms with Crippen molar-refractivity contribution in [1.29, 1.82) is 0 Å². The number of rotatable bonds is 6. The third-order valence-electron chi connectivity index (χ3n) is 3.73. The van der Waals surface area contributed by atoms with E-state index in [9.17, 15) is 4.79 Å². The van der Waals surface area contributed by atoms with Gasteiger partial charge in [0.1, 0.15) is 0 Å². The predicted molar refractivity (Wildman–Crippen MR) is 75.6 cm³/mol. The lowest BCUT2D eigenvalue weighted by molar-refractivity contribution is -0.120. The van der Waals surface area contributed by atoms with Crippen LogP contribution in [0.5, 0.6) is 0 Å². The molecule has 1 rings (SSSR count). The fraction of sp³-hybridized carbons (Fsp3) is 0.929. The summed E-state index contributed by atoms with van der Waals surface area (Å²) in [5.41, 5.74) is 0. The van der Waals surface area contributed by atoms with Crippen molar-refractivity contribution in [3.63, 3.8) is 0 Å². The van der Waals surface area contributed by atoms with Gasteiger partial charge in [-0.05, 0) is 52.6 Å². The zero-order chi connectivity index (χ0) is 13.5. The second-order valence-corrected chi connectivity index (χ2v) is 5.69. The van der Waals surface area contributed by atoms with Crippen LogP contribution in [-0.4, -0.2) is 49.1 Å². The zero-order valence-electron chi connectivity index (χ0n) is 12.3. The quantitative estimate of drug-likeness (QED) is 0.750. The molecule has 4 heteroatoms. The van der Waals surface area contributed by atoms with Crippen LogP contribution in [0, 0.1) is 5.92 Å². The van der Waals surface area contributed by atoms with Gasteiger partial charge in [-0.1, -0.05) is 6.92 Å². The molecule has 4 nitrogen and oxygen atoms in total. The monoisotopic (exact) mass is 255 g/mol. The lowest BCUT2D eigenvalue weighted by Gasteiger charge is -2.35. The van der Waals surface area contributed by atoms with Crippen LogP contribution in [0.1, 0.15) is 40.5 Å². The summed E-state index contributed by atoms with van der Waals surface area (Å²) in [7, 11) is 0. The third-order valence-corrected chi connectivity index (χ3v) is 3.73. The van der Waals surface area contributed by atoms with Gasteiger partial charge in [0.15, 0.2) is 0 Å². The van der Waals surface area contributed by atoms with Crippen LogP contribution >= 0.6 is 0 Å². The Bertz CT molecular complexity index is 255. The van der Waals surface area contributed by atoms with E-state index in [2.05, 4.69) is 29.4 Å². The molecule has 0 aliphatic carbocycles. The predicted octanol–water partition coefficient (Wildman–Crippen LogP) is 1.22. The first-order valence-electron chi connectivity index (χ1n) is 7.28. The summed E-state index contributed by atoms with van der Waals surface area (Å²) in [4.78, 5) is 14.1. The van der Waals surface area contributed by atoms with Crippen LogP contribution in [0.25, 0.3) is 0 Å². The molecule has 2 N–H and O–H groups in total. The van der Waals surface area contributed by atoms with E-state index in [-0.39, 0.29) is 11.9 Å². The number of nitrogens with zero attached hydrogens (tertiary/aromatic N) is 1. The number of amides is 1. The van der Waals surface area contributed by atoms with Crippen LogP contribution in [0.15, 0.2) is 0 Å². The first-order valence-corrected chi connectivity index (χ1v) is 7.28. The molecule has 1 amide bonds. The molecule has 106 valence electrons. The molecule has 0 aromatic carbocycles. The van der Waals surface area contributed by atoms with Gasteiger partial charge in [-0.25, -0.2) is 0 Å². The van der Waals surface area contributed by atoms with Gasteiger partial charge in [0.25, 0.3) is 0 Å². The SMILES string of the molecule is CCN1CCCC(C(C)NCC(=O)NC(C)C)C1. The van der Waals surface area contributed by atoms with E-state index >= 15 is 0 Å². The Hall–Kier alpha value is -0.610. The fourth-order valence-corrected chi connectivity index (χ4v) is 2.58. The van der Waals surface area contributed by atoms with Gasteiger partial charge in [-0.3, -0.25) is 4.79 Å². The van der Waals surface area contributed by atoms with Gasteiger partial charge in [0, 0.05) is 18.6 Å². The molecule has 1 fully saturated rings. The van der Waals surface area contributed by atoms with Gasteiger partial charge in [-0.2, -0.15) is 0 Å². The minimum Gasteiger partial charge on any atom is -0.353 e. The average molecular weight is 255 g/mol. The largest absolute Gasteiger partial charge is 0.353 e. The second-order valence-electron chi connectivity index (χ2n) is 5.69. The van der Waals surface area contributed by atoms with Crippen LogP contribution in [0.3, 0.4) is 0 Å². The Morgan fingerprint density at radius 2 is 2.11 bits per heavy atom. The highest BCUT2D eigenvalue weighted by Crippen LogP contribution is 2.19. The summed E-state index contributed by atoms with van der Waals surface area (Å²) in [6.07, 6.45) is 2.55. The maximum absolute atomic E-state index is 11.6. The maximum atomic E-state index is 11.6. The van der Waals surface area contributed by atoms with Gasteiger partial charge in [-0.15, -0.1) is 0 Å². The summed E-state index contributed by atoms with van der Waals surface area (Å²) in [5.74, 6) is 0.769. The molecule has 0 radical (unpaired) electrons. The van der Waals surface area contributed by atoms with Crippen LogP contribution in [0.4, 0.5) is 0 Å². The molecular weight excluding hydrogens is 226 g/mol. The van der Waals surface area contributed by atoms with Gasteiger partial charge in [0.2, 0.25) is 5.91 Å². The number of likely N-dealkylation sites (tertiary alicyclic amines) is 1. The Kier molecular flexibility index (Phi) is 6.65. The molecule has 2 atom stereocenters. The number of hydrogen-bond acceptors (Lipinski definition) is 3. The van der Waals surface area contributed by atoms with E-state index < -0.39 is 0 Å². The van der Waals surface area contributed by atoms with Gasteiger partial charge < -0.3 is 15.5 Å². The molecule has 0 aromatic rings. The number of carbonyl (C=O) groups is 1. The Labute approximate surface area is 111 Å². The van der Waals surface area contributed by atoms with Crippen molar-refractivity contribution in [2.75, 3.05) is 26.2 Å². The van der Waals surface area contributed by atoms with Crippen molar-refractivity contribution >= 4 is 5.91 Å². The van der Waals surface area contributed by atoms with Crippen molar-refractivity contribution in [3.05, 3.63) is 0 Å². The van der Waals surface area contributed by atoms with Crippen LogP contribution in [0.2, 0.25) is 0 Å². The minimum absolute atomic E-state index is 0.0972. The van der Waals surface area contributed by atoms with E-state index in [0.29, 0.717) is 18.5 Å². The molecule has 1 aliphatic heterocycles. The highest BCUT2D eigenvalue weighted by Gasteiger charge is 2.23. The summed E-state index contributed by atoms with van der Waals surface area (Å²) < 4.78 is 0. The average Bonchev–Trinajstić information content (AvgIpc) is 2.35. The topological polar surface area (TPSA) is 44.4 Å². The minimum atomic E-state index is 0.0972. The van der Waals surface area contributed by atoms with E-state index in [1.54, 1.807) is 0 Å². The second kappa shape index (κ2) is 7.74. The Morgan fingerprint density at radius 3 is 2.72 bits per heavy atom. The van der Waals surface area contributed by atoms with Crippen LogP contribution in [-0.2, 0) is 4.79 Å². The van der Waals surface area contributed by atoms with E-state index in [1.807, 2.05) is 13.8 Å². The first-order chi connectivity index (χ1) is 8.52.